The van der Waals surface area contributed by atoms with Crippen molar-refractivity contribution < 1.29 is 14.3 Å². The Morgan fingerprint density at radius 3 is 2.00 bits per heavy atom. The largest absolute Gasteiger partial charge is 0.473 e. The molecule has 0 atom stereocenters. The molecule has 0 saturated heterocycles. The van der Waals surface area contributed by atoms with Gasteiger partial charge in [-0.1, -0.05) is 60.7 Å². The summed E-state index contributed by atoms with van der Waals surface area (Å²) in [4.78, 5) is 24.8. The number of hydrogen-bond acceptors (Lipinski definition) is 3. The lowest BCUT2D eigenvalue weighted by molar-refractivity contribution is 0.0707. The van der Waals surface area contributed by atoms with Crippen molar-refractivity contribution in [1.29, 1.82) is 0 Å². The molecule has 3 nitrogen and oxygen atoms in total. The maximum atomic E-state index is 12.4. The quantitative estimate of drug-likeness (QED) is 0.676. The second-order valence-corrected chi connectivity index (χ2v) is 5.25. The summed E-state index contributed by atoms with van der Waals surface area (Å²) in [6.45, 7) is 0. The zero-order valence-corrected chi connectivity index (χ0v) is 11.7. The normalized spacial score (nSPS) is 14.4. The van der Waals surface area contributed by atoms with E-state index in [1.807, 2.05) is 36.4 Å². The highest BCUT2D eigenvalue weighted by atomic mass is 16.5. The molecule has 0 amide bonds. The summed E-state index contributed by atoms with van der Waals surface area (Å²) in [5, 5.41) is 1.90. The van der Waals surface area contributed by atoms with E-state index in [1.54, 1.807) is 30.3 Å². The summed E-state index contributed by atoms with van der Waals surface area (Å²) in [7, 11) is 0. The SMILES string of the molecule is O=C1c2ccccc2C(=O)C1Oc1cccc2ccccc12. The minimum absolute atomic E-state index is 0.270. The van der Waals surface area contributed by atoms with Crippen LogP contribution in [0, 0.1) is 0 Å². The number of carbonyl (C=O) groups is 2. The zero-order chi connectivity index (χ0) is 15.1. The van der Waals surface area contributed by atoms with Gasteiger partial charge in [0.05, 0.1) is 0 Å². The van der Waals surface area contributed by atoms with Crippen LogP contribution >= 0.6 is 0 Å². The molecule has 22 heavy (non-hydrogen) atoms. The molecule has 0 aliphatic heterocycles. The van der Waals surface area contributed by atoms with Crippen molar-refractivity contribution in [3.63, 3.8) is 0 Å². The molecule has 3 aromatic rings. The summed E-state index contributed by atoms with van der Waals surface area (Å²) in [5.74, 6) is 0.0136. The van der Waals surface area contributed by atoms with Crippen LogP contribution in [0.5, 0.6) is 5.75 Å². The number of Topliss-reactive ketones (excluding diaryl/α,β-unsaturated/α-hetero) is 2. The lowest BCUT2D eigenvalue weighted by atomic mass is 10.1. The molecule has 0 unspecified atom stereocenters. The van der Waals surface area contributed by atoms with Gasteiger partial charge in [-0.2, -0.15) is 0 Å². The first-order chi connectivity index (χ1) is 10.8. The van der Waals surface area contributed by atoms with E-state index in [2.05, 4.69) is 0 Å². The van der Waals surface area contributed by atoms with E-state index in [0.717, 1.165) is 10.8 Å². The van der Waals surface area contributed by atoms with Crippen molar-refractivity contribution in [2.75, 3.05) is 0 Å². The molecular weight excluding hydrogens is 276 g/mol. The van der Waals surface area contributed by atoms with Crippen molar-refractivity contribution in [2.45, 2.75) is 6.10 Å². The van der Waals surface area contributed by atoms with Crippen molar-refractivity contribution in [3.8, 4) is 5.75 Å². The molecule has 0 bridgehead atoms. The summed E-state index contributed by atoms with van der Waals surface area (Å²) < 4.78 is 5.80. The number of rotatable bonds is 2. The molecule has 0 aromatic heterocycles. The maximum absolute atomic E-state index is 12.4. The highest BCUT2D eigenvalue weighted by Gasteiger charge is 2.40. The van der Waals surface area contributed by atoms with Crippen LogP contribution in [0.4, 0.5) is 0 Å². The molecule has 0 N–H and O–H groups in total. The average Bonchev–Trinajstić information content (AvgIpc) is 2.81. The number of ketones is 2. The van der Waals surface area contributed by atoms with Crippen molar-refractivity contribution in [1.82, 2.24) is 0 Å². The maximum Gasteiger partial charge on any atom is 0.223 e. The van der Waals surface area contributed by atoms with Gasteiger partial charge in [0.2, 0.25) is 17.7 Å². The Kier molecular flexibility index (Phi) is 2.79. The minimum atomic E-state index is -1.08. The Bertz CT molecular complexity index is 871. The smallest absolute Gasteiger partial charge is 0.223 e. The molecule has 0 spiro atoms. The highest BCUT2D eigenvalue weighted by Crippen LogP contribution is 2.30. The first kappa shape index (κ1) is 12.8. The van der Waals surface area contributed by atoms with Gasteiger partial charge in [0, 0.05) is 16.5 Å². The third-order valence-electron chi connectivity index (χ3n) is 3.93. The number of hydrogen-bond donors (Lipinski definition) is 0. The molecule has 0 fully saturated rings. The molecular formula is C19H12O3. The van der Waals surface area contributed by atoms with E-state index < -0.39 is 6.10 Å². The van der Waals surface area contributed by atoms with E-state index in [-0.39, 0.29) is 11.6 Å². The van der Waals surface area contributed by atoms with Gasteiger partial charge in [-0.3, -0.25) is 9.59 Å². The van der Waals surface area contributed by atoms with Crippen LogP contribution in [-0.2, 0) is 0 Å². The molecule has 3 aromatic carbocycles. The zero-order valence-electron chi connectivity index (χ0n) is 11.7. The number of fused-ring (bicyclic) bond motifs is 2. The lowest BCUT2D eigenvalue weighted by Gasteiger charge is -2.13. The summed E-state index contributed by atoms with van der Waals surface area (Å²) >= 11 is 0. The van der Waals surface area contributed by atoms with Crippen molar-refractivity contribution in [3.05, 3.63) is 77.9 Å². The molecule has 1 aliphatic carbocycles. The average molecular weight is 288 g/mol. The Morgan fingerprint density at radius 1 is 0.682 bits per heavy atom. The predicted octanol–water partition coefficient (Wildman–Crippen LogP) is 3.67. The van der Waals surface area contributed by atoms with E-state index in [0.29, 0.717) is 16.9 Å². The topological polar surface area (TPSA) is 43.4 Å². The van der Waals surface area contributed by atoms with Gasteiger partial charge in [0.25, 0.3) is 0 Å². The standard InChI is InChI=1S/C19H12O3/c20-17-14-9-3-4-10-15(14)18(21)19(17)22-16-11-5-7-12-6-1-2-8-13(12)16/h1-11,19H. The highest BCUT2D eigenvalue weighted by molar-refractivity contribution is 6.28. The second-order valence-electron chi connectivity index (χ2n) is 5.25. The number of ether oxygens (including phenoxy) is 1. The van der Waals surface area contributed by atoms with Gasteiger partial charge in [-0.15, -0.1) is 0 Å². The third-order valence-corrected chi connectivity index (χ3v) is 3.93. The van der Waals surface area contributed by atoms with Gasteiger partial charge in [-0.25, -0.2) is 0 Å². The van der Waals surface area contributed by atoms with Gasteiger partial charge in [0.15, 0.2) is 0 Å². The Hall–Kier alpha value is -2.94. The first-order valence-electron chi connectivity index (χ1n) is 7.07. The molecule has 1 aliphatic rings. The van der Waals surface area contributed by atoms with Crippen LogP contribution < -0.4 is 4.74 Å². The third kappa shape index (κ3) is 1.83. The van der Waals surface area contributed by atoms with Gasteiger partial charge >= 0.3 is 0 Å². The van der Waals surface area contributed by atoms with Crippen molar-refractivity contribution in [2.24, 2.45) is 0 Å². The number of carbonyl (C=O) groups excluding carboxylic acids is 2. The number of benzene rings is 3. The fraction of sp³-hybridized carbons (Fsp3) is 0.0526. The second kappa shape index (κ2) is 4.81. The lowest BCUT2D eigenvalue weighted by Crippen LogP contribution is -2.29. The van der Waals surface area contributed by atoms with Gasteiger partial charge in [0.1, 0.15) is 5.75 Å². The molecule has 0 radical (unpaired) electrons. The fourth-order valence-electron chi connectivity index (χ4n) is 2.85. The molecule has 4 rings (SSSR count). The predicted molar refractivity (Wildman–Crippen MR) is 83.5 cm³/mol. The van der Waals surface area contributed by atoms with E-state index in [1.165, 1.54) is 0 Å². The molecule has 0 saturated carbocycles. The van der Waals surface area contributed by atoms with Gasteiger partial charge in [-0.05, 0) is 11.5 Å². The van der Waals surface area contributed by atoms with E-state index in [9.17, 15) is 9.59 Å². The Labute approximate surface area is 127 Å². The fourth-order valence-corrected chi connectivity index (χ4v) is 2.85. The first-order valence-corrected chi connectivity index (χ1v) is 7.07. The molecule has 0 heterocycles. The van der Waals surface area contributed by atoms with Gasteiger partial charge < -0.3 is 4.74 Å². The Morgan fingerprint density at radius 2 is 1.27 bits per heavy atom. The molecule has 3 heteroatoms. The van der Waals surface area contributed by atoms with E-state index >= 15 is 0 Å². The van der Waals surface area contributed by atoms with Crippen LogP contribution in [0.1, 0.15) is 20.7 Å². The summed E-state index contributed by atoms with van der Waals surface area (Å²) in [6, 6.07) is 20.2. The molecule has 106 valence electrons. The van der Waals surface area contributed by atoms with E-state index in [4.69, 9.17) is 4.74 Å². The van der Waals surface area contributed by atoms with Crippen LogP contribution in [0.15, 0.2) is 66.7 Å². The summed E-state index contributed by atoms with van der Waals surface area (Å²) in [5.41, 5.74) is 0.885. The van der Waals surface area contributed by atoms with Crippen LogP contribution in [0.3, 0.4) is 0 Å². The van der Waals surface area contributed by atoms with Crippen LogP contribution in [0.2, 0.25) is 0 Å². The Balaban J connectivity index is 1.76. The monoisotopic (exact) mass is 288 g/mol. The summed E-state index contributed by atoms with van der Waals surface area (Å²) in [6.07, 6.45) is -1.08. The van der Waals surface area contributed by atoms with Crippen LogP contribution in [-0.4, -0.2) is 17.7 Å². The van der Waals surface area contributed by atoms with Crippen LogP contribution in [0.25, 0.3) is 10.8 Å². The van der Waals surface area contributed by atoms with Crippen molar-refractivity contribution >= 4 is 22.3 Å². The minimum Gasteiger partial charge on any atom is -0.473 e.